The largest absolute Gasteiger partial charge is 0.127 e. The zero-order valence-corrected chi connectivity index (χ0v) is 13.7. The molecule has 1 aliphatic rings. The summed E-state index contributed by atoms with van der Waals surface area (Å²) in [6.07, 6.45) is 10.4. The minimum atomic E-state index is 0.0558. The predicted molar refractivity (Wildman–Crippen MR) is 86.6 cm³/mol. The highest BCUT2D eigenvalue weighted by atomic mass is 35.5. The molecule has 0 aliphatic heterocycles. The van der Waals surface area contributed by atoms with Gasteiger partial charge in [0.2, 0.25) is 0 Å². The second-order valence-corrected chi connectivity index (χ2v) is 7.07. The Morgan fingerprint density at radius 2 is 2.28 bits per heavy atom. The van der Waals surface area contributed by atoms with Gasteiger partial charge >= 0.3 is 0 Å². The summed E-state index contributed by atoms with van der Waals surface area (Å²) in [6.45, 7) is 6.66. The Balaban J connectivity index is 2.77. The van der Waals surface area contributed by atoms with E-state index in [-0.39, 0.29) is 5.38 Å². The van der Waals surface area contributed by atoms with Crippen LogP contribution in [0.3, 0.4) is 0 Å². The monoisotopic (exact) mass is 304 g/mol. The quantitative estimate of drug-likeness (QED) is 0.522. The summed E-state index contributed by atoms with van der Waals surface area (Å²) in [6, 6.07) is 0. The molecular weight excluding hydrogens is 283 g/mol. The molecule has 18 heavy (non-hydrogen) atoms. The van der Waals surface area contributed by atoms with Gasteiger partial charge in [0.05, 0.1) is 5.38 Å². The summed E-state index contributed by atoms with van der Waals surface area (Å²) in [5.41, 5.74) is 1.18. The number of halogens is 2. The number of hydrogen-bond donors (Lipinski definition) is 0. The van der Waals surface area contributed by atoms with Crippen molar-refractivity contribution in [3.8, 4) is 0 Å². The van der Waals surface area contributed by atoms with Crippen LogP contribution in [0.5, 0.6) is 0 Å². The maximum Gasteiger partial charge on any atom is 0.0600 e. The fourth-order valence-corrected chi connectivity index (χ4v) is 3.63. The van der Waals surface area contributed by atoms with Crippen molar-refractivity contribution in [3.05, 3.63) is 33.7 Å². The van der Waals surface area contributed by atoms with Crippen molar-refractivity contribution in [2.45, 2.75) is 57.1 Å². The van der Waals surface area contributed by atoms with Crippen LogP contribution in [0.2, 0.25) is 0 Å². The first-order chi connectivity index (χ1) is 8.58. The molecule has 2 atom stereocenters. The molecule has 0 bridgehead atoms. The van der Waals surface area contributed by atoms with Gasteiger partial charge in [0.1, 0.15) is 0 Å². The molecule has 3 heteroatoms. The van der Waals surface area contributed by atoms with E-state index in [4.69, 9.17) is 23.2 Å². The Labute approximate surface area is 126 Å². The lowest BCUT2D eigenvalue weighted by Gasteiger charge is -2.20. The summed E-state index contributed by atoms with van der Waals surface area (Å²) >= 11 is 14.6. The van der Waals surface area contributed by atoms with Crippen LogP contribution in [-0.2, 0) is 0 Å². The molecule has 0 aromatic rings. The standard InChI is InChI=1S/C15H22Cl2S/c1-4-7-12(18-11(3)5-2)10-13-14(16)8-6-9-15(13)17/h6-8,11,15H,4-5,9-10H2,1-3H3/b12-7-. The van der Waals surface area contributed by atoms with Crippen LogP contribution in [0.15, 0.2) is 33.7 Å². The van der Waals surface area contributed by atoms with Crippen molar-refractivity contribution < 1.29 is 0 Å². The van der Waals surface area contributed by atoms with Gasteiger partial charge in [-0.05, 0) is 35.8 Å². The lowest BCUT2D eigenvalue weighted by atomic mass is 10.0. The highest BCUT2D eigenvalue weighted by molar-refractivity contribution is 8.03. The number of rotatable bonds is 6. The van der Waals surface area contributed by atoms with Gasteiger partial charge in [-0.2, -0.15) is 0 Å². The first-order valence-corrected chi connectivity index (χ1v) is 8.32. The number of allylic oxidation sites excluding steroid dienone is 6. The van der Waals surface area contributed by atoms with E-state index >= 15 is 0 Å². The van der Waals surface area contributed by atoms with Gasteiger partial charge in [-0.15, -0.1) is 23.4 Å². The highest BCUT2D eigenvalue weighted by Crippen LogP contribution is 2.36. The molecular formula is C15H22Cl2S. The second kappa shape index (κ2) is 8.35. The molecule has 0 radical (unpaired) electrons. The Bertz CT molecular complexity index is 356. The first-order valence-electron chi connectivity index (χ1n) is 6.63. The second-order valence-electron chi connectivity index (χ2n) is 4.57. The van der Waals surface area contributed by atoms with Crippen molar-refractivity contribution in [2.75, 3.05) is 0 Å². The van der Waals surface area contributed by atoms with E-state index in [0.717, 1.165) is 24.3 Å². The van der Waals surface area contributed by atoms with Crippen LogP contribution < -0.4 is 0 Å². The van der Waals surface area contributed by atoms with Crippen molar-refractivity contribution in [3.63, 3.8) is 0 Å². The lowest BCUT2D eigenvalue weighted by Crippen LogP contribution is -2.08. The summed E-state index contributed by atoms with van der Waals surface area (Å²) in [5.74, 6) is 0. The van der Waals surface area contributed by atoms with Gasteiger partial charge in [0, 0.05) is 16.7 Å². The first kappa shape index (κ1) is 16.2. The van der Waals surface area contributed by atoms with Gasteiger partial charge < -0.3 is 0 Å². The van der Waals surface area contributed by atoms with Crippen molar-refractivity contribution in [1.29, 1.82) is 0 Å². The molecule has 0 fully saturated rings. The van der Waals surface area contributed by atoms with E-state index in [1.165, 1.54) is 16.9 Å². The Morgan fingerprint density at radius 1 is 1.56 bits per heavy atom. The van der Waals surface area contributed by atoms with Crippen molar-refractivity contribution in [1.82, 2.24) is 0 Å². The zero-order valence-electron chi connectivity index (χ0n) is 11.4. The third-order valence-electron chi connectivity index (χ3n) is 3.02. The minimum Gasteiger partial charge on any atom is -0.127 e. The van der Waals surface area contributed by atoms with Crippen LogP contribution in [0.4, 0.5) is 0 Å². The average molecular weight is 305 g/mol. The third kappa shape index (κ3) is 5.03. The van der Waals surface area contributed by atoms with Gasteiger partial charge in [-0.1, -0.05) is 44.5 Å². The molecule has 1 rings (SSSR count). The van der Waals surface area contributed by atoms with E-state index in [0.29, 0.717) is 5.25 Å². The van der Waals surface area contributed by atoms with Crippen LogP contribution in [0.25, 0.3) is 0 Å². The average Bonchev–Trinajstić information content (AvgIpc) is 2.34. The maximum absolute atomic E-state index is 6.36. The topological polar surface area (TPSA) is 0 Å². The van der Waals surface area contributed by atoms with E-state index in [9.17, 15) is 0 Å². The fourth-order valence-electron chi connectivity index (χ4n) is 1.80. The molecule has 0 heterocycles. The Morgan fingerprint density at radius 3 is 2.83 bits per heavy atom. The van der Waals surface area contributed by atoms with Crippen LogP contribution in [0, 0.1) is 0 Å². The molecule has 0 N–H and O–H groups in total. The molecule has 0 nitrogen and oxygen atoms in total. The van der Waals surface area contributed by atoms with Gasteiger partial charge in [-0.25, -0.2) is 0 Å². The van der Waals surface area contributed by atoms with Gasteiger partial charge in [0.25, 0.3) is 0 Å². The molecule has 2 unspecified atom stereocenters. The molecule has 0 saturated carbocycles. The van der Waals surface area contributed by atoms with Crippen LogP contribution in [0.1, 0.15) is 46.5 Å². The van der Waals surface area contributed by atoms with E-state index in [1.54, 1.807) is 0 Å². The van der Waals surface area contributed by atoms with Gasteiger partial charge in [0.15, 0.2) is 0 Å². The van der Waals surface area contributed by atoms with Gasteiger partial charge in [-0.3, -0.25) is 0 Å². The molecule has 0 saturated heterocycles. The molecule has 0 aromatic carbocycles. The molecule has 0 spiro atoms. The Kier molecular flexibility index (Phi) is 7.51. The summed E-state index contributed by atoms with van der Waals surface area (Å²) in [5, 5.41) is 1.53. The zero-order chi connectivity index (χ0) is 13.5. The maximum atomic E-state index is 6.36. The summed E-state index contributed by atoms with van der Waals surface area (Å²) in [7, 11) is 0. The fraction of sp³-hybridized carbons (Fsp3) is 0.600. The van der Waals surface area contributed by atoms with E-state index in [1.807, 2.05) is 17.8 Å². The molecule has 0 aromatic heterocycles. The SMILES string of the molecule is CC/C=C(/CC1=C(Cl)C=CCC1Cl)SC(C)CC. The van der Waals surface area contributed by atoms with Crippen molar-refractivity contribution in [2.24, 2.45) is 0 Å². The number of hydrogen-bond acceptors (Lipinski definition) is 1. The summed E-state index contributed by atoms with van der Waals surface area (Å²) in [4.78, 5) is 1.40. The number of thioether (sulfide) groups is 1. The van der Waals surface area contributed by atoms with Crippen LogP contribution >= 0.6 is 35.0 Å². The normalized spacial score (nSPS) is 22.5. The van der Waals surface area contributed by atoms with E-state index < -0.39 is 0 Å². The minimum absolute atomic E-state index is 0.0558. The highest BCUT2D eigenvalue weighted by Gasteiger charge is 2.18. The molecule has 1 aliphatic carbocycles. The molecule has 102 valence electrons. The lowest BCUT2D eigenvalue weighted by molar-refractivity contribution is 0.899. The summed E-state index contributed by atoms with van der Waals surface area (Å²) < 4.78 is 0. The molecule has 0 amide bonds. The van der Waals surface area contributed by atoms with Crippen LogP contribution in [-0.4, -0.2) is 10.6 Å². The third-order valence-corrected chi connectivity index (χ3v) is 5.18. The van der Waals surface area contributed by atoms with Crippen molar-refractivity contribution >= 4 is 35.0 Å². The Hall–Kier alpha value is 0.150. The number of alkyl halides is 1. The smallest absolute Gasteiger partial charge is 0.0600 e. The predicted octanol–water partition coefficient (Wildman–Crippen LogP) is 6.26. The van der Waals surface area contributed by atoms with E-state index in [2.05, 4.69) is 32.9 Å².